The van der Waals surface area contributed by atoms with Gasteiger partial charge in [-0.1, -0.05) is 23.7 Å². The first-order chi connectivity index (χ1) is 10.8. The zero-order valence-corrected chi connectivity index (χ0v) is 17.2. The fourth-order valence-corrected chi connectivity index (χ4v) is 2.18. The standard InChI is InChI=1S/C17H28ClN3O.HI/c1-3-22-14-5-4-12-20-17(19-2)21-13-6-7-15-8-10-16(18)11-9-15;/h8-11H,3-7,12-14H2,1-2H3,(H2,19,20,21);1H. The predicted molar refractivity (Wildman–Crippen MR) is 110 cm³/mol. The van der Waals surface area contributed by atoms with Crippen LogP contribution in [0, 0.1) is 0 Å². The fourth-order valence-electron chi connectivity index (χ4n) is 2.05. The molecule has 23 heavy (non-hydrogen) atoms. The van der Waals surface area contributed by atoms with Gasteiger partial charge in [0, 0.05) is 38.4 Å². The van der Waals surface area contributed by atoms with Crippen LogP contribution in [0.15, 0.2) is 29.3 Å². The molecule has 0 aromatic heterocycles. The molecule has 0 aliphatic heterocycles. The first-order valence-corrected chi connectivity index (χ1v) is 8.40. The van der Waals surface area contributed by atoms with E-state index in [1.807, 2.05) is 19.1 Å². The van der Waals surface area contributed by atoms with Gasteiger partial charge in [-0.05, 0) is 50.3 Å². The van der Waals surface area contributed by atoms with Crippen molar-refractivity contribution in [3.63, 3.8) is 0 Å². The highest BCUT2D eigenvalue weighted by Crippen LogP contribution is 2.10. The second-order valence-electron chi connectivity index (χ2n) is 5.06. The summed E-state index contributed by atoms with van der Waals surface area (Å²) in [4.78, 5) is 4.22. The number of nitrogens with zero attached hydrogens (tertiary/aromatic N) is 1. The number of rotatable bonds is 10. The number of halogens is 2. The highest BCUT2D eigenvalue weighted by Gasteiger charge is 1.98. The van der Waals surface area contributed by atoms with E-state index >= 15 is 0 Å². The summed E-state index contributed by atoms with van der Waals surface area (Å²) in [6.07, 6.45) is 4.27. The highest BCUT2D eigenvalue weighted by molar-refractivity contribution is 14.0. The zero-order chi connectivity index (χ0) is 16.0. The van der Waals surface area contributed by atoms with E-state index in [-0.39, 0.29) is 24.0 Å². The molecule has 0 heterocycles. The Morgan fingerprint density at radius 3 is 2.35 bits per heavy atom. The van der Waals surface area contributed by atoms with Gasteiger partial charge in [-0.15, -0.1) is 24.0 Å². The van der Waals surface area contributed by atoms with Gasteiger partial charge >= 0.3 is 0 Å². The monoisotopic (exact) mass is 453 g/mol. The number of ether oxygens (including phenoxy) is 1. The Kier molecular flexibility index (Phi) is 14.7. The lowest BCUT2D eigenvalue weighted by Crippen LogP contribution is -2.38. The summed E-state index contributed by atoms with van der Waals surface area (Å²) in [6, 6.07) is 8.03. The number of aliphatic imine (C=N–C) groups is 1. The molecule has 0 saturated carbocycles. The van der Waals surface area contributed by atoms with Crippen LogP contribution in [-0.2, 0) is 11.2 Å². The average molecular weight is 454 g/mol. The number of unbranched alkanes of at least 4 members (excludes halogenated alkanes) is 1. The second-order valence-corrected chi connectivity index (χ2v) is 5.50. The number of guanidine groups is 1. The van der Waals surface area contributed by atoms with Crippen molar-refractivity contribution in [1.82, 2.24) is 10.6 Å². The molecule has 1 rings (SSSR count). The molecule has 4 nitrogen and oxygen atoms in total. The largest absolute Gasteiger partial charge is 0.382 e. The van der Waals surface area contributed by atoms with E-state index in [1.165, 1.54) is 5.56 Å². The van der Waals surface area contributed by atoms with Crippen molar-refractivity contribution in [2.75, 3.05) is 33.4 Å². The molecule has 1 aromatic carbocycles. The third-order valence-electron chi connectivity index (χ3n) is 3.28. The van der Waals surface area contributed by atoms with Crippen LogP contribution in [0.4, 0.5) is 0 Å². The maximum absolute atomic E-state index is 5.88. The lowest BCUT2D eigenvalue weighted by atomic mass is 10.1. The van der Waals surface area contributed by atoms with Crippen molar-refractivity contribution < 1.29 is 4.74 Å². The van der Waals surface area contributed by atoms with Crippen LogP contribution in [0.1, 0.15) is 31.7 Å². The summed E-state index contributed by atoms with van der Waals surface area (Å²) < 4.78 is 5.31. The molecule has 0 spiro atoms. The molecule has 0 radical (unpaired) electrons. The maximum atomic E-state index is 5.88. The van der Waals surface area contributed by atoms with E-state index in [9.17, 15) is 0 Å². The summed E-state index contributed by atoms with van der Waals surface area (Å²) in [5.74, 6) is 0.868. The quantitative estimate of drug-likeness (QED) is 0.245. The lowest BCUT2D eigenvalue weighted by Gasteiger charge is -2.11. The van der Waals surface area contributed by atoms with Crippen LogP contribution in [0.3, 0.4) is 0 Å². The molecule has 0 amide bonds. The topological polar surface area (TPSA) is 45.6 Å². The van der Waals surface area contributed by atoms with Crippen LogP contribution in [0.5, 0.6) is 0 Å². The average Bonchev–Trinajstić information content (AvgIpc) is 2.54. The van der Waals surface area contributed by atoms with Gasteiger partial charge in [0.25, 0.3) is 0 Å². The zero-order valence-electron chi connectivity index (χ0n) is 14.1. The fraction of sp³-hybridized carbons (Fsp3) is 0.588. The Morgan fingerprint density at radius 2 is 1.74 bits per heavy atom. The highest BCUT2D eigenvalue weighted by atomic mass is 127. The number of benzene rings is 1. The van der Waals surface area contributed by atoms with Gasteiger partial charge in [0.2, 0.25) is 0 Å². The van der Waals surface area contributed by atoms with Crippen molar-refractivity contribution in [1.29, 1.82) is 0 Å². The van der Waals surface area contributed by atoms with Gasteiger partial charge in [-0.25, -0.2) is 0 Å². The van der Waals surface area contributed by atoms with Crippen LogP contribution >= 0.6 is 35.6 Å². The molecule has 0 saturated heterocycles. The van der Waals surface area contributed by atoms with Gasteiger partial charge < -0.3 is 15.4 Å². The molecule has 0 aliphatic rings. The Hall–Kier alpha value is -0.530. The summed E-state index contributed by atoms with van der Waals surface area (Å²) in [5, 5.41) is 7.44. The number of aryl methyl sites for hydroxylation is 1. The van der Waals surface area contributed by atoms with E-state index in [0.29, 0.717) is 0 Å². The molecular weight excluding hydrogens is 425 g/mol. The van der Waals surface area contributed by atoms with E-state index in [2.05, 4.69) is 27.8 Å². The molecule has 6 heteroatoms. The van der Waals surface area contributed by atoms with Crippen molar-refractivity contribution in [2.45, 2.75) is 32.6 Å². The van der Waals surface area contributed by atoms with Crippen molar-refractivity contribution in [3.05, 3.63) is 34.9 Å². The molecule has 0 unspecified atom stereocenters. The summed E-state index contributed by atoms with van der Waals surface area (Å²) in [6.45, 7) is 5.48. The van der Waals surface area contributed by atoms with Crippen LogP contribution in [0.2, 0.25) is 5.02 Å². The molecule has 2 N–H and O–H groups in total. The first kappa shape index (κ1) is 22.5. The maximum Gasteiger partial charge on any atom is 0.190 e. The summed E-state index contributed by atoms with van der Waals surface area (Å²) in [7, 11) is 1.80. The van der Waals surface area contributed by atoms with Gasteiger partial charge in [0.05, 0.1) is 0 Å². The summed E-state index contributed by atoms with van der Waals surface area (Å²) >= 11 is 5.88. The third kappa shape index (κ3) is 11.6. The van der Waals surface area contributed by atoms with Crippen molar-refractivity contribution >= 4 is 41.5 Å². The third-order valence-corrected chi connectivity index (χ3v) is 3.54. The Morgan fingerprint density at radius 1 is 1.09 bits per heavy atom. The Labute approximate surface area is 162 Å². The Balaban J connectivity index is 0.00000484. The molecule has 0 bridgehead atoms. The Bertz CT molecular complexity index is 426. The number of nitrogens with one attached hydrogen (secondary N) is 2. The minimum atomic E-state index is 0. The SMILES string of the molecule is CCOCCCCNC(=NC)NCCCc1ccc(Cl)cc1.I. The minimum Gasteiger partial charge on any atom is -0.382 e. The van der Waals surface area contributed by atoms with Gasteiger partial charge in [-0.2, -0.15) is 0 Å². The molecule has 0 aliphatic carbocycles. The lowest BCUT2D eigenvalue weighted by molar-refractivity contribution is 0.143. The van der Waals surface area contributed by atoms with Crippen LogP contribution in [0.25, 0.3) is 0 Å². The molecule has 1 aromatic rings. The minimum absolute atomic E-state index is 0. The molecule has 132 valence electrons. The predicted octanol–water partition coefficient (Wildman–Crippen LogP) is 3.87. The molecular formula is C17H29ClIN3O. The molecule has 0 atom stereocenters. The van der Waals surface area contributed by atoms with Crippen LogP contribution in [-0.4, -0.2) is 39.3 Å². The smallest absolute Gasteiger partial charge is 0.190 e. The second kappa shape index (κ2) is 15.0. The summed E-state index contributed by atoms with van der Waals surface area (Å²) in [5.41, 5.74) is 1.31. The van der Waals surface area contributed by atoms with E-state index in [4.69, 9.17) is 16.3 Å². The van der Waals surface area contributed by atoms with Crippen molar-refractivity contribution in [2.24, 2.45) is 4.99 Å². The van der Waals surface area contributed by atoms with Crippen molar-refractivity contribution in [3.8, 4) is 0 Å². The number of hydrogen-bond acceptors (Lipinski definition) is 2. The van der Waals surface area contributed by atoms with Crippen LogP contribution < -0.4 is 10.6 Å². The first-order valence-electron chi connectivity index (χ1n) is 8.03. The van der Waals surface area contributed by atoms with Gasteiger partial charge in [0.1, 0.15) is 0 Å². The molecule has 0 fully saturated rings. The number of hydrogen-bond donors (Lipinski definition) is 2. The van der Waals surface area contributed by atoms with Gasteiger partial charge in [-0.3, -0.25) is 4.99 Å². The van der Waals surface area contributed by atoms with Gasteiger partial charge in [0.15, 0.2) is 5.96 Å². The normalized spacial score (nSPS) is 11.0. The van der Waals surface area contributed by atoms with E-state index in [0.717, 1.165) is 63.0 Å². The van der Waals surface area contributed by atoms with E-state index < -0.39 is 0 Å². The van der Waals surface area contributed by atoms with E-state index in [1.54, 1.807) is 7.05 Å².